The van der Waals surface area contributed by atoms with Crippen LogP contribution in [0, 0.1) is 0 Å². The van der Waals surface area contributed by atoms with Gasteiger partial charge in [0.1, 0.15) is 19.3 Å². The number of carbonyl (C=O) groups excluding carboxylic acids is 2. The number of hydrogen-bond acceptors (Lipinski definition) is 6. The molecule has 0 saturated carbocycles. The number of allylic oxidation sites excluding steroid dienone is 7. The van der Waals surface area contributed by atoms with Crippen molar-refractivity contribution in [3.63, 3.8) is 0 Å². The van der Waals surface area contributed by atoms with Crippen molar-refractivity contribution in [2.45, 2.75) is 360 Å². The number of hydrogen-bond donors (Lipinski definition) is 2. The van der Waals surface area contributed by atoms with Gasteiger partial charge in [0.15, 0.2) is 0 Å². The van der Waals surface area contributed by atoms with Gasteiger partial charge in [-0.05, 0) is 89.5 Å². The predicted octanol–water partition coefficient (Wildman–Crippen LogP) is 22.4. The van der Waals surface area contributed by atoms with Crippen LogP contribution in [0.25, 0.3) is 0 Å². The van der Waals surface area contributed by atoms with Crippen LogP contribution in [0.15, 0.2) is 48.6 Å². The summed E-state index contributed by atoms with van der Waals surface area (Å²) >= 11 is 0. The van der Waals surface area contributed by atoms with Crippen molar-refractivity contribution >= 4 is 19.7 Å². The lowest BCUT2D eigenvalue weighted by Crippen LogP contribution is -2.47. The summed E-state index contributed by atoms with van der Waals surface area (Å²) in [6, 6.07) is -0.849. The van der Waals surface area contributed by atoms with Crippen LogP contribution in [-0.4, -0.2) is 74.3 Å². The first-order chi connectivity index (χ1) is 39.9. The van der Waals surface area contributed by atoms with Crippen molar-refractivity contribution in [2.75, 3.05) is 40.9 Å². The average Bonchev–Trinajstić information content (AvgIpc) is 3.44. The fraction of sp³-hybridized carbons (Fsp3) is 0.861. The van der Waals surface area contributed by atoms with Crippen LogP contribution in [0.3, 0.4) is 0 Å². The molecule has 0 spiro atoms. The number of quaternary nitrogens is 1. The summed E-state index contributed by atoms with van der Waals surface area (Å²) in [4.78, 5) is 37.9. The van der Waals surface area contributed by atoms with Gasteiger partial charge in [-0.2, -0.15) is 0 Å². The van der Waals surface area contributed by atoms with E-state index in [1.54, 1.807) is 0 Å². The molecular formula is C72H138N2O7P+. The van der Waals surface area contributed by atoms with Crippen LogP contribution in [0.2, 0.25) is 0 Å². The highest BCUT2D eigenvalue weighted by molar-refractivity contribution is 7.47. The second kappa shape index (κ2) is 62.0. The van der Waals surface area contributed by atoms with Crippen LogP contribution in [0.4, 0.5) is 0 Å². The van der Waals surface area contributed by atoms with Gasteiger partial charge in [0.2, 0.25) is 5.91 Å². The van der Waals surface area contributed by atoms with Crippen LogP contribution >= 0.6 is 7.82 Å². The first-order valence-electron chi connectivity index (χ1n) is 35.5. The zero-order chi connectivity index (χ0) is 60.0. The van der Waals surface area contributed by atoms with Gasteiger partial charge >= 0.3 is 13.8 Å². The third-order valence-corrected chi connectivity index (χ3v) is 17.0. The minimum atomic E-state index is -4.45. The van der Waals surface area contributed by atoms with E-state index in [9.17, 15) is 19.0 Å². The maximum Gasteiger partial charge on any atom is 0.472 e. The highest BCUT2D eigenvalue weighted by atomic mass is 31.2. The Balaban J connectivity index is 5.04. The lowest BCUT2D eigenvalue weighted by Gasteiger charge is -2.27. The third kappa shape index (κ3) is 62.5. The van der Waals surface area contributed by atoms with Gasteiger partial charge in [0.05, 0.1) is 33.8 Å². The van der Waals surface area contributed by atoms with E-state index in [1.165, 1.54) is 250 Å². The number of nitrogens with one attached hydrogen (secondary N) is 1. The SMILES string of the molecule is CCCCC/C=C\C/C=C\CCCCCCCCCCCC(=O)OC(/C=C\CCCCCCCCCCCC)C(COP(=O)(O)OCC[N+](C)(C)C)NC(=O)CCCCCCCCCCCCCCCCC/C=C/CCCCCCCC. The molecule has 9 nitrogen and oxygen atoms in total. The van der Waals surface area contributed by atoms with Crippen molar-refractivity contribution in [3.05, 3.63) is 48.6 Å². The summed E-state index contributed by atoms with van der Waals surface area (Å²) in [6.45, 7) is 7.03. The molecule has 0 aromatic rings. The number of nitrogens with zero attached hydrogens (tertiary/aromatic N) is 1. The largest absolute Gasteiger partial charge is 0.472 e. The van der Waals surface area contributed by atoms with Gasteiger partial charge in [-0.3, -0.25) is 18.6 Å². The molecule has 0 aliphatic heterocycles. The molecule has 0 aliphatic rings. The van der Waals surface area contributed by atoms with E-state index >= 15 is 0 Å². The summed E-state index contributed by atoms with van der Waals surface area (Å²) in [5.74, 6) is -0.495. The molecule has 482 valence electrons. The molecule has 10 heteroatoms. The normalized spacial score (nSPS) is 13.8. The fourth-order valence-electron chi connectivity index (χ4n) is 10.5. The summed E-state index contributed by atoms with van der Waals surface area (Å²) < 4.78 is 30.8. The van der Waals surface area contributed by atoms with Crippen molar-refractivity contribution in [1.82, 2.24) is 5.32 Å². The molecule has 82 heavy (non-hydrogen) atoms. The second-order valence-electron chi connectivity index (χ2n) is 25.4. The highest BCUT2D eigenvalue weighted by Gasteiger charge is 2.30. The molecule has 1 amide bonds. The summed E-state index contributed by atoms with van der Waals surface area (Å²) in [5, 5.41) is 3.07. The van der Waals surface area contributed by atoms with Crippen LogP contribution < -0.4 is 5.32 Å². The van der Waals surface area contributed by atoms with Gasteiger partial charge in [0, 0.05) is 12.8 Å². The monoisotopic (exact) mass is 1170 g/mol. The number of ether oxygens (including phenoxy) is 1. The molecule has 0 heterocycles. The maximum absolute atomic E-state index is 13.6. The van der Waals surface area contributed by atoms with Crippen LogP contribution in [-0.2, 0) is 27.9 Å². The molecule has 2 N–H and O–H groups in total. The fourth-order valence-corrected chi connectivity index (χ4v) is 11.2. The molecule has 0 aliphatic carbocycles. The number of phosphoric acid groups is 1. The van der Waals surface area contributed by atoms with Crippen molar-refractivity contribution in [1.29, 1.82) is 0 Å². The van der Waals surface area contributed by atoms with Gasteiger partial charge in [-0.1, -0.05) is 294 Å². The number of phosphoric ester groups is 1. The molecule has 0 aromatic heterocycles. The van der Waals surface area contributed by atoms with Crippen LogP contribution in [0.1, 0.15) is 348 Å². The molecule has 0 rings (SSSR count). The zero-order valence-electron chi connectivity index (χ0n) is 55.2. The van der Waals surface area contributed by atoms with Crippen molar-refractivity contribution in [3.8, 4) is 0 Å². The standard InChI is InChI=1S/C72H137N2O7P/c1-7-10-13-16-19-22-25-28-30-32-34-35-36-37-38-39-41-42-44-46-49-52-55-58-61-64-71(75)73-69(68-80-82(77,78)79-67-66-74(4,5)6)70(63-60-57-54-51-48-27-24-21-18-15-12-9-3)81-72(76)65-62-59-56-53-50-47-45-43-40-33-31-29-26-23-20-17-14-11-8-2/h20,23,28-31,60,63,69-70H,7-19,21-22,24-27,32-59,61-62,64-68H2,1-6H3,(H-,73,75,77,78)/p+1/b23-20-,30-28+,31-29-,63-60-. The van der Waals surface area contributed by atoms with Crippen molar-refractivity contribution in [2.24, 2.45) is 0 Å². The zero-order valence-corrected chi connectivity index (χ0v) is 56.1. The van der Waals surface area contributed by atoms with E-state index in [-0.39, 0.29) is 31.5 Å². The second-order valence-corrected chi connectivity index (χ2v) is 26.9. The minimum Gasteiger partial charge on any atom is -0.456 e. The van der Waals surface area contributed by atoms with Gasteiger partial charge in [0.25, 0.3) is 0 Å². The molecule has 0 aromatic carbocycles. The van der Waals surface area contributed by atoms with E-state index < -0.39 is 20.0 Å². The quantitative estimate of drug-likeness (QED) is 0.0205. The number of amides is 1. The number of unbranched alkanes of at least 4 members (excludes halogenated alkanes) is 43. The van der Waals surface area contributed by atoms with Crippen molar-refractivity contribution < 1.29 is 37.3 Å². The van der Waals surface area contributed by atoms with Gasteiger partial charge < -0.3 is 19.4 Å². The number of esters is 1. The Morgan fingerprint density at radius 1 is 0.427 bits per heavy atom. The summed E-state index contributed by atoms with van der Waals surface area (Å²) in [5.41, 5.74) is 0. The number of rotatable bonds is 65. The Labute approximate surface area is 509 Å². The molecule has 3 atom stereocenters. The smallest absolute Gasteiger partial charge is 0.456 e. The average molecular weight is 1170 g/mol. The third-order valence-electron chi connectivity index (χ3n) is 16.0. The minimum absolute atomic E-state index is 0.0409. The van der Waals surface area contributed by atoms with Gasteiger partial charge in [-0.15, -0.1) is 0 Å². The van der Waals surface area contributed by atoms with Gasteiger partial charge in [-0.25, -0.2) is 4.57 Å². The molecule has 0 saturated heterocycles. The Hall–Kier alpha value is -2.03. The Kier molecular flexibility index (Phi) is 60.5. The summed E-state index contributed by atoms with van der Waals surface area (Å²) in [7, 11) is 1.51. The van der Waals surface area contributed by atoms with E-state index in [4.69, 9.17) is 13.8 Å². The lowest BCUT2D eigenvalue weighted by molar-refractivity contribution is -0.870. The molecular weight excluding hydrogens is 1040 g/mol. The van der Waals surface area contributed by atoms with E-state index in [0.29, 0.717) is 17.4 Å². The van der Waals surface area contributed by atoms with E-state index in [1.807, 2.05) is 33.3 Å². The Morgan fingerprint density at radius 3 is 1.13 bits per heavy atom. The van der Waals surface area contributed by atoms with E-state index in [0.717, 1.165) is 64.2 Å². The molecule has 0 fully saturated rings. The first-order valence-corrected chi connectivity index (χ1v) is 37.0. The number of carbonyl (C=O) groups is 2. The Bertz CT molecular complexity index is 1540. The number of likely N-dealkylation sites (N-methyl/N-ethyl adjacent to an activating group) is 1. The van der Waals surface area contributed by atoms with E-state index in [2.05, 4.69) is 62.5 Å². The first kappa shape index (κ1) is 80.0. The molecule has 3 unspecified atom stereocenters. The predicted molar refractivity (Wildman–Crippen MR) is 355 cm³/mol. The lowest BCUT2D eigenvalue weighted by atomic mass is 10.0. The summed E-state index contributed by atoms with van der Waals surface area (Å²) in [6.07, 6.45) is 78.3. The molecule has 0 radical (unpaired) electrons. The molecule has 0 bridgehead atoms. The Morgan fingerprint density at radius 2 is 0.744 bits per heavy atom. The van der Waals surface area contributed by atoms with Crippen LogP contribution in [0.5, 0.6) is 0 Å². The maximum atomic E-state index is 13.6. The highest BCUT2D eigenvalue weighted by Crippen LogP contribution is 2.43. The topological polar surface area (TPSA) is 111 Å².